The maximum Gasteiger partial charge on any atom is 0.248 e. The van der Waals surface area contributed by atoms with Gasteiger partial charge in [-0.3, -0.25) is 4.79 Å². The predicted molar refractivity (Wildman–Crippen MR) is 119 cm³/mol. The van der Waals surface area contributed by atoms with Gasteiger partial charge in [0.05, 0.1) is 0 Å². The van der Waals surface area contributed by atoms with Crippen LogP contribution in [0.5, 0.6) is 0 Å². The maximum atomic E-state index is 11.1. The van der Waals surface area contributed by atoms with Crippen molar-refractivity contribution >= 4 is 34.8 Å². The van der Waals surface area contributed by atoms with E-state index in [1.54, 1.807) is 42.2 Å². The van der Waals surface area contributed by atoms with E-state index in [1.807, 2.05) is 25.1 Å². The Morgan fingerprint density at radius 3 is 2.43 bits per heavy atom. The molecular weight excluding hydrogens is 370 g/mol. The van der Waals surface area contributed by atoms with E-state index in [0.29, 0.717) is 11.4 Å². The highest BCUT2D eigenvalue weighted by atomic mass is 32.2. The van der Waals surface area contributed by atoms with Gasteiger partial charge in [-0.2, -0.15) is 0 Å². The lowest BCUT2D eigenvalue weighted by atomic mass is 10.1. The third-order valence-electron chi connectivity index (χ3n) is 3.83. The molecule has 2 aromatic rings. The van der Waals surface area contributed by atoms with Crippen LogP contribution < -0.4 is 11.1 Å². The number of aliphatic hydroxyl groups is 1. The van der Waals surface area contributed by atoms with Gasteiger partial charge in [0.2, 0.25) is 5.91 Å². The molecule has 6 heteroatoms. The molecule has 5 nitrogen and oxygen atoms in total. The lowest BCUT2D eigenvalue weighted by Gasteiger charge is -2.05. The van der Waals surface area contributed by atoms with Crippen LogP contribution in [0.15, 0.2) is 77.3 Å². The average Bonchev–Trinajstić information content (AvgIpc) is 2.69. The van der Waals surface area contributed by atoms with Crippen molar-refractivity contribution in [3.63, 3.8) is 0 Å². The quantitative estimate of drug-likeness (QED) is 0.194. The minimum absolute atomic E-state index is 0.222. The SMILES string of the molecule is C=C(/C=C\N=C(C)Nc1ccc(C(N)=O)cc1)c1ccc(SCCCO)cc1. The van der Waals surface area contributed by atoms with Gasteiger partial charge in [-0.05, 0) is 67.0 Å². The Labute approximate surface area is 170 Å². The Kier molecular flexibility index (Phi) is 8.52. The van der Waals surface area contributed by atoms with Crippen molar-refractivity contribution in [2.75, 3.05) is 17.7 Å². The van der Waals surface area contributed by atoms with Crippen molar-refractivity contribution in [1.82, 2.24) is 0 Å². The molecule has 1 amide bonds. The second kappa shape index (κ2) is 11.1. The summed E-state index contributed by atoms with van der Waals surface area (Å²) in [5.74, 6) is 1.17. The van der Waals surface area contributed by atoms with Crippen LogP contribution in [0.25, 0.3) is 5.57 Å². The molecule has 4 N–H and O–H groups in total. The highest BCUT2D eigenvalue weighted by Crippen LogP contribution is 2.22. The van der Waals surface area contributed by atoms with Gasteiger partial charge in [-0.1, -0.05) is 18.7 Å². The van der Waals surface area contributed by atoms with Crippen LogP contribution in [-0.4, -0.2) is 29.2 Å². The number of nitrogens with one attached hydrogen (secondary N) is 1. The van der Waals surface area contributed by atoms with E-state index in [1.165, 1.54) is 4.90 Å². The number of allylic oxidation sites excluding steroid dienone is 2. The zero-order chi connectivity index (χ0) is 20.4. The number of rotatable bonds is 9. The normalized spacial score (nSPS) is 11.6. The van der Waals surface area contributed by atoms with E-state index in [9.17, 15) is 4.79 Å². The van der Waals surface area contributed by atoms with Crippen molar-refractivity contribution in [1.29, 1.82) is 0 Å². The third-order valence-corrected chi connectivity index (χ3v) is 4.93. The Bertz CT molecular complexity index is 856. The standard InChI is InChI=1S/C22H25N3O2S/c1-16(18-6-10-21(11-7-18)28-15-3-14-26)12-13-24-17(2)25-20-8-4-19(5-9-20)22(23)27/h4-13,26H,1,3,14-15H2,2H3,(H2,23,27)(H,24,25)/b13-12-. The maximum absolute atomic E-state index is 11.1. The van der Waals surface area contributed by atoms with Crippen LogP contribution in [0, 0.1) is 0 Å². The molecule has 0 fully saturated rings. The summed E-state index contributed by atoms with van der Waals surface area (Å²) < 4.78 is 0. The van der Waals surface area contributed by atoms with Crippen LogP contribution in [-0.2, 0) is 0 Å². The Hall–Kier alpha value is -2.83. The molecule has 0 saturated carbocycles. The smallest absolute Gasteiger partial charge is 0.248 e. The summed E-state index contributed by atoms with van der Waals surface area (Å²) in [6.45, 7) is 6.15. The number of aliphatic imine (C=N–C) groups is 1. The number of nitrogens with two attached hydrogens (primary N) is 1. The molecule has 0 spiro atoms. The summed E-state index contributed by atoms with van der Waals surface area (Å²) in [7, 11) is 0. The Morgan fingerprint density at radius 1 is 1.18 bits per heavy atom. The first-order chi connectivity index (χ1) is 13.5. The predicted octanol–water partition coefficient (Wildman–Crippen LogP) is 4.32. The molecule has 0 unspecified atom stereocenters. The first-order valence-corrected chi connectivity index (χ1v) is 9.89. The Balaban J connectivity index is 1.89. The minimum atomic E-state index is -0.449. The Morgan fingerprint density at radius 2 is 1.82 bits per heavy atom. The van der Waals surface area contributed by atoms with Crippen LogP contribution in [0.1, 0.15) is 29.3 Å². The second-order valence-corrected chi connectivity index (χ2v) is 7.24. The fourth-order valence-electron chi connectivity index (χ4n) is 2.31. The number of thioether (sulfide) groups is 1. The zero-order valence-corrected chi connectivity index (χ0v) is 16.7. The number of anilines is 1. The lowest BCUT2D eigenvalue weighted by Crippen LogP contribution is -2.11. The van der Waals surface area contributed by atoms with Crippen molar-refractivity contribution in [2.45, 2.75) is 18.2 Å². The number of hydrogen-bond acceptors (Lipinski definition) is 4. The number of benzene rings is 2. The number of carbonyl (C=O) groups excluding carboxylic acids is 1. The van der Waals surface area contributed by atoms with Gasteiger partial charge >= 0.3 is 0 Å². The molecule has 0 heterocycles. The summed E-state index contributed by atoms with van der Waals surface area (Å²) in [5.41, 5.74) is 8.43. The van der Waals surface area contributed by atoms with Crippen LogP contribution in [0.3, 0.4) is 0 Å². The average molecular weight is 396 g/mol. The highest BCUT2D eigenvalue weighted by molar-refractivity contribution is 7.99. The van der Waals surface area contributed by atoms with E-state index in [-0.39, 0.29) is 6.61 Å². The summed E-state index contributed by atoms with van der Waals surface area (Å²) in [6.07, 6.45) is 4.35. The van der Waals surface area contributed by atoms with E-state index in [4.69, 9.17) is 10.8 Å². The molecule has 0 aromatic heterocycles. The van der Waals surface area contributed by atoms with Crippen LogP contribution in [0.4, 0.5) is 5.69 Å². The van der Waals surface area contributed by atoms with Gasteiger partial charge in [-0.25, -0.2) is 4.99 Å². The molecule has 0 aliphatic rings. The molecule has 0 saturated heterocycles. The summed E-state index contributed by atoms with van der Waals surface area (Å²) >= 11 is 1.73. The second-order valence-electron chi connectivity index (χ2n) is 6.07. The molecule has 28 heavy (non-hydrogen) atoms. The first kappa shape index (κ1) is 21.5. The summed E-state index contributed by atoms with van der Waals surface area (Å²) in [4.78, 5) is 16.6. The first-order valence-electron chi connectivity index (χ1n) is 8.90. The molecular formula is C22H25N3O2S. The lowest BCUT2D eigenvalue weighted by molar-refractivity contribution is 0.100. The molecule has 0 atom stereocenters. The van der Waals surface area contributed by atoms with Gasteiger partial charge in [-0.15, -0.1) is 11.8 Å². The molecule has 0 radical (unpaired) electrons. The highest BCUT2D eigenvalue weighted by Gasteiger charge is 2.00. The minimum Gasteiger partial charge on any atom is -0.396 e. The van der Waals surface area contributed by atoms with E-state index in [2.05, 4.69) is 29.0 Å². The van der Waals surface area contributed by atoms with Crippen molar-refractivity contribution in [3.8, 4) is 0 Å². The van der Waals surface area contributed by atoms with Crippen LogP contribution in [0.2, 0.25) is 0 Å². The van der Waals surface area contributed by atoms with Crippen LogP contribution >= 0.6 is 11.8 Å². The van der Waals surface area contributed by atoms with Gasteiger partial charge < -0.3 is 16.2 Å². The van der Waals surface area contributed by atoms with Gasteiger partial charge in [0.25, 0.3) is 0 Å². The molecule has 2 aromatic carbocycles. The number of carbonyl (C=O) groups is 1. The van der Waals surface area contributed by atoms with Gasteiger partial charge in [0, 0.05) is 34.7 Å². The van der Waals surface area contributed by atoms with E-state index < -0.39 is 5.91 Å². The van der Waals surface area contributed by atoms with Crippen molar-refractivity contribution in [2.24, 2.45) is 10.7 Å². The number of primary amides is 1. The molecule has 0 bridgehead atoms. The van der Waals surface area contributed by atoms with Gasteiger partial charge in [0.1, 0.15) is 5.84 Å². The van der Waals surface area contributed by atoms with E-state index >= 15 is 0 Å². The van der Waals surface area contributed by atoms with Crippen molar-refractivity contribution < 1.29 is 9.90 Å². The number of amides is 1. The summed E-state index contributed by atoms with van der Waals surface area (Å²) in [5, 5.41) is 12.0. The fourth-order valence-corrected chi connectivity index (χ4v) is 3.15. The fraction of sp³-hybridized carbons (Fsp3) is 0.182. The topological polar surface area (TPSA) is 87.7 Å². The molecule has 146 valence electrons. The largest absolute Gasteiger partial charge is 0.396 e. The number of nitrogens with zero attached hydrogens (tertiary/aromatic N) is 1. The number of hydrogen-bond donors (Lipinski definition) is 3. The summed E-state index contributed by atoms with van der Waals surface area (Å²) in [6, 6.07) is 15.1. The van der Waals surface area contributed by atoms with E-state index in [0.717, 1.165) is 29.0 Å². The third kappa shape index (κ3) is 7.06. The van der Waals surface area contributed by atoms with Gasteiger partial charge in [0.15, 0.2) is 0 Å². The molecule has 2 rings (SSSR count). The van der Waals surface area contributed by atoms with Crippen molar-refractivity contribution in [3.05, 3.63) is 78.5 Å². The monoisotopic (exact) mass is 395 g/mol. The molecule has 0 aliphatic carbocycles. The number of amidine groups is 1. The molecule has 0 aliphatic heterocycles. The zero-order valence-electron chi connectivity index (χ0n) is 15.9. The number of aliphatic hydroxyl groups excluding tert-OH is 1.